The number of hydroxylamine groups is 2. The van der Waals surface area contributed by atoms with E-state index in [1.165, 1.54) is 0 Å². The first kappa shape index (κ1) is 31.3. The number of para-hydroxylation sites is 1. The van der Waals surface area contributed by atoms with Crippen molar-refractivity contribution in [3.05, 3.63) is 131 Å². The van der Waals surface area contributed by atoms with Gasteiger partial charge in [0.05, 0.1) is 6.61 Å². The molecule has 1 fully saturated rings. The fourth-order valence-electron chi connectivity index (χ4n) is 5.98. The fraction of sp³-hybridized carbons (Fsp3) is 0.270. The van der Waals surface area contributed by atoms with Crippen LogP contribution in [0.15, 0.2) is 115 Å². The molecule has 9 heteroatoms. The van der Waals surface area contributed by atoms with Crippen LogP contribution < -0.4 is 19.4 Å². The first-order chi connectivity index (χ1) is 22.5. The molecule has 6 rings (SSSR count). The minimum absolute atomic E-state index is 0.0221. The first-order valence-corrected chi connectivity index (χ1v) is 15.7. The van der Waals surface area contributed by atoms with Crippen molar-refractivity contribution in [1.82, 2.24) is 19.8 Å². The van der Waals surface area contributed by atoms with Crippen LogP contribution >= 0.6 is 0 Å². The molecule has 1 unspecified atom stereocenters. The number of benzene rings is 4. The fourth-order valence-corrected chi connectivity index (χ4v) is 5.98. The molecular weight excluding hydrogens is 580 g/mol. The lowest BCUT2D eigenvalue weighted by molar-refractivity contribution is -0.129. The number of carbonyl (C=O) groups is 1. The minimum atomic E-state index is -0.827. The average Bonchev–Trinajstić information content (AvgIpc) is 3.40. The molecule has 1 amide bonds. The topological polar surface area (TPSA) is 86.3 Å². The number of nitrogens with zero attached hydrogens (tertiary/aromatic N) is 3. The van der Waals surface area contributed by atoms with Gasteiger partial charge in [0.15, 0.2) is 18.1 Å². The normalized spacial score (nSPS) is 18.1. The summed E-state index contributed by atoms with van der Waals surface area (Å²) >= 11 is 0. The summed E-state index contributed by atoms with van der Waals surface area (Å²) in [5.41, 5.74) is 2.99. The quantitative estimate of drug-likeness (QED) is 0.119. The number of methoxy groups -OCH3 is 1. The highest BCUT2D eigenvalue weighted by atomic mass is 16.6. The average molecular weight is 621 g/mol. The van der Waals surface area contributed by atoms with Crippen molar-refractivity contribution in [2.75, 3.05) is 53.2 Å². The summed E-state index contributed by atoms with van der Waals surface area (Å²) in [5, 5.41) is 18.8. The summed E-state index contributed by atoms with van der Waals surface area (Å²) in [7, 11) is 1.66. The van der Waals surface area contributed by atoms with E-state index in [2.05, 4.69) is 5.32 Å². The lowest BCUT2D eigenvalue weighted by atomic mass is 10.1. The standard InChI is InChI=1S/C37H40N4O5/c1-44-23-10-24-45-33-17-9-14-31(26-33)41(43)28-40(27-29-11-8-18-34(25-29)46-32-15-6-3-7-16-32)35(36(41)30-12-4-2-5-13-30)37(42)39-21-19-38-20-22-39/h2-9,11-18,25-26,38H,10,19-24,27-28H2,1H3. The van der Waals surface area contributed by atoms with Crippen molar-refractivity contribution < 1.29 is 19.0 Å². The van der Waals surface area contributed by atoms with Gasteiger partial charge >= 0.3 is 0 Å². The van der Waals surface area contributed by atoms with Crippen LogP contribution in [0.5, 0.6) is 17.2 Å². The molecule has 0 saturated carbocycles. The van der Waals surface area contributed by atoms with E-state index < -0.39 is 4.65 Å². The van der Waals surface area contributed by atoms with Gasteiger partial charge in [-0.1, -0.05) is 54.6 Å². The van der Waals surface area contributed by atoms with Crippen LogP contribution in [0, 0.1) is 5.21 Å². The molecule has 2 aliphatic rings. The van der Waals surface area contributed by atoms with Crippen LogP contribution in [0.1, 0.15) is 17.5 Å². The van der Waals surface area contributed by atoms with E-state index in [0.29, 0.717) is 80.1 Å². The second-order valence-electron chi connectivity index (χ2n) is 11.4. The van der Waals surface area contributed by atoms with Gasteiger partial charge in [-0.05, 0) is 48.0 Å². The second-order valence-corrected chi connectivity index (χ2v) is 11.4. The third kappa shape index (κ3) is 7.08. The molecule has 0 bridgehead atoms. The highest BCUT2D eigenvalue weighted by Crippen LogP contribution is 2.44. The monoisotopic (exact) mass is 620 g/mol. The minimum Gasteiger partial charge on any atom is -0.620 e. The van der Waals surface area contributed by atoms with Crippen LogP contribution in [0.3, 0.4) is 0 Å². The highest BCUT2D eigenvalue weighted by molar-refractivity contribution is 6.03. The number of hydrogen-bond donors (Lipinski definition) is 1. The first-order valence-electron chi connectivity index (χ1n) is 15.7. The molecule has 0 radical (unpaired) electrons. The Morgan fingerprint density at radius 2 is 1.52 bits per heavy atom. The van der Waals surface area contributed by atoms with Crippen LogP contribution in [0.25, 0.3) is 5.70 Å². The van der Waals surface area contributed by atoms with E-state index in [9.17, 15) is 4.79 Å². The number of rotatable bonds is 12. The molecule has 0 spiro atoms. The highest BCUT2D eigenvalue weighted by Gasteiger charge is 2.46. The van der Waals surface area contributed by atoms with Crippen LogP contribution in [-0.2, 0) is 16.1 Å². The molecule has 238 valence electrons. The van der Waals surface area contributed by atoms with Gasteiger partial charge in [-0.15, -0.1) is 0 Å². The number of amides is 1. The zero-order chi connectivity index (χ0) is 31.8. The van der Waals surface area contributed by atoms with Gasteiger partial charge in [-0.2, -0.15) is 0 Å². The predicted octanol–water partition coefficient (Wildman–Crippen LogP) is 5.97. The van der Waals surface area contributed by atoms with E-state index in [-0.39, 0.29) is 12.6 Å². The Bertz CT molecular complexity index is 1640. The third-order valence-electron chi connectivity index (χ3n) is 8.17. The summed E-state index contributed by atoms with van der Waals surface area (Å²) in [6.07, 6.45) is 0.734. The summed E-state index contributed by atoms with van der Waals surface area (Å²) < 4.78 is 16.4. The number of ether oxygens (including phenoxy) is 3. The van der Waals surface area contributed by atoms with Gasteiger partial charge in [0.1, 0.15) is 22.9 Å². The summed E-state index contributed by atoms with van der Waals surface area (Å²) in [6, 6.07) is 34.3. The number of carbonyl (C=O) groups excluding carboxylic acids is 1. The lowest BCUT2D eigenvalue weighted by Gasteiger charge is -2.40. The Labute approximate surface area is 270 Å². The van der Waals surface area contributed by atoms with E-state index in [1.807, 2.05) is 113 Å². The van der Waals surface area contributed by atoms with Gasteiger partial charge in [-0.3, -0.25) is 9.44 Å². The Hall–Kier alpha value is -4.67. The predicted molar refractivity (Wildman–Crippen MR) is 180 cm³/mol. The largest absolute Gasteiger partial charge is 0.620 e. The van der Waals surface area contributed by atoms with Gasteiger partial charge in [-0.25, -0.2) is 0 Å². The van der Waals surface area contributed by atoms with Crippen molar-refractivity contribution in [2.45, 2.75) is 13.0 Å². The molecule has 4 aromatic rings. The number of hydrogen-bond acceptors (Lipinski definition) is 7. The maximum atomic E-state index is 15.4. The molecule has 1 N–H and O–H groups in total. The Morgan fingerprint density at radius 3 is 2.28 bits per heavy atom. The maximum Gasteiger partial charge on any atom is 0.276 e. The Kier molecular flexibility index (Phi) is 9.95. The number of piperazine rings is 1. The zero-order valence-corrected chi connectivity index (χ0v) is 26.1. The summed E-state index contributed by atoms with van der Waals surface area (Å²) in [4.78, 5) is 18.3. The molecule has 2 aliphatic heterocycles. The summed E-state index contributed by atoms with van der Waals surface area (Å²) in [5.74, 6) is 1.89. The van der Waals surface area contributed by atoms with Gasteiger partial charge in [0, 0.05) is 70.6 Å². The molecular formula is C37H40N4O5. The van der Waals surface area contributed by atoms with Crippen LogP contribution in [0.2, 0.25) is 0 Å². The van der Waals surface area contributed by atoms with Gasteiger partial charge in [0.2, 0.25) is 0 Å². The summed E-state index contributed by atoms with van der Waals surface area (Å²) in [6.45, 7) is 3.99. The van der Waals surface area contributed by atoms with Crippen molar-refractivity contribution in [1.29, 1.82) is 0 Å². The zero-order valence-electron chi connectivity index (χ0n) is 26.1. The molecule has 9 nitrogen and oxygen atoms in total. The van der Waals surface area contributed by atoms with Crippen molar-refractivity contribution >= 4 is 17.3 Å². The molecule has 2 heterocycles. The van der Waals surface area contributed by atoms with E-state index in [4.69, 9.17) is 14.2 Å². The van der Waals surface area contributed by atoms with Crippen LogP contribution in [-0.4, -0.2) is 68.9 Å². The third-order valence-corrected chi connectivity index (χ3v) is 8.17. The van der Waals surface area contributed by atoms with Crippen LogP contribution in [0.4, 0.5) is 5.69 Å². The molecule has 46 heavy (non-hydrogen) atoms. The van der Waals surface area contributed by atoms with Gasteiger partial charge < -0.3 is 34.5 Å². The van der Waals surface area contributed by atoms with E-state index in [1.54, 1.807) is 13.2 Å². The van der Waals surface area contributed by atoms with Gasteiger partial charge in [0.25, 0.3) is 5.91 Å². The Morgan fingerprint density at radius 1 is 0.826 bits per heavy atom. The smallest absolute Gasteiger partial charge is 0.276 e. The van der Waals surface area contributed by atoms with Crippen molar-refractivity contribution in [3.8, 4) is 17.2 Å². The Balaban J connectivity index is 1.41. The number of quaternary nitrogens is 1. The second kappa shape index (κ2) is 14.6. The molecule has 0 aliphatic carbocycles. The maximum absolute atomic E-state index is 15.4. The molecule has 1 atom stereocenters. The van der Waals surface area contributed by atoms with Crippen molar-refractivity contribution in [2.24, 2.45) is 0 Å². The van der Waals surface area contributed by atoms with E-state index >= 15 is 5.21 Å². The molecule has 0 aromatic heterocycles. The lowest BCUT2D eigenvalue weighted by Crippen LogP contribution is -2.48. The van der Waals surface area contributed by atoms with Crippen molar-refractivity contribution in [3.63, 3.8) is 0 Å². The molecule has 1 saturated heterocycles. The SMILES string of the molecule is COCCCOc1cccc([N+]2([O-])CN(Cc3cccc(Oc4ccccc4)c3)C(C(=O)N3CCNCC3)=C2c2ccccc2)c1. The number of nitrogens with one attached hydrogen (secondary N) is 1. The van der Waals surface area contributed by atoms with E-state index in [0.717, 1.165) is 17.7 Å². The molecule has 4 aromatic carbocycles.